The van der Waals surface area contributed by atoms with Crippen LogP contribution in [0.3, 0.4) is 0 Å². The summed E-state index contributed by atoms with van der Waals surface area (Å²) < 4.78 is 28.1. The molecule has 0 spiro atoms. The van der Waals surface area contributed by atoms with Gasteiger partial charge >= 0.3 is 6.03 Å². The molecule has 1 aromatic carbocycles. The van der Waals surface area contributed by atoms with E-state index in [1.54, 1.807) is 18.7 Å². The molecule has 0 aliphatic carbocycles. The second-order valence-corrected chi connectivity index (χ2v) is 5.20. The monoisotopic (exact) mass is 324 g/mol. The van der Waals surface area contributed by atoms with E-state index in [1.165, 1.54) is 0 Å². The van der Waals surface area contributed by atoms with Crippen LogP contribution < -0.4 is 10.6 Å². The predicted molar refractivity (Wildman–Crippen MR) is 79.5 cm³/mol. The minimum absolute atomic E-state index is 0.0711. The van der Waals surface area contributed by atoms with Crippen molar-refractivity contribution >= 4 is 6.03 Å². The summed E-state index contributed by atoms with van der Waals surface area (Å²) in [6, 6.07) is 2.24. The Kier molecular flexibility index (Phi) is 5.64. The third-order valence-corrected chi connectivity index (χ3v) is 3.20. The lowest BCUT2D eigenvalue weighted by atomic mass is 10.1. The summed E-state index contributed by atoms with van der Waals surface area (Å²) in [7, 11) is 0. The van der Waals surface area contributed by atoms with Crippen molar-refractivity contribution in [2.45, 2.75) is 25.6 Å². The third-order valence-electron chi connectivity index (χ3n) is 3.20. The molecule has 2 rings (SSSR count). The Balaban J connectivity index is 1.79. The average Bonchev–Trinajstić information content (AvgIpc) is 2.97. The first kappa shape index (κ1) is 16.9. The van der Waals surface area contributed by atoms with Gasteiger partial charge in [-0.05, 0) is 13.0 Å². The van der Waals surface area contributed by atoms with E-state index in [-0.39, 0.29) is 18.2 Å². The molecule has 0 aliphatic heterocycles. The van der Waals surface area contributed by atoms with Gasteiger partial charge in [-0.3, -0.25) is 0 Å². The Labute approximate surface area is 132 Å². The molecule has 2 amide bonds. The van der Waals surface area contributed by atoms with E-state index < -0.39 is 23.8 Å². The number of aliphatic hydroxyl groups is 1. The molecule has 2 atom stereocenters. The SMILES string of the molecule is C[C@H](Cn1ccnc1)NC(=O)NC[C@H](O)c1ccc(F)cc1F. The van der Waals surface area contributed by atoms with Gasteiger partial charge in [-0.1, -0.05) is 6.07 Å². The maximum absolute atomic E-state index is 13.5. The molecule has 0 fully saturated rings. The maximum atomic E-state index is 13.5. The Hall–Kier alpha value is -2.48. The van der Waals surface area contributed by atoms with E-state index in [4.69, 9.17) is 0 Å². The standard InChI is InChI=1S/C15H18F2N4O2/c1-10(8-21-5-4-18-9-21)20-15(23)19-7-14(22)12-3-2-11(16)6-13(12)17/h2-6,9-10,14,22H,7-8H2,1H3,(H2,19,20,23)/t10-,14+/m1/s1. The zero-order valence-corrected chi connectivity index (χ0v) is 12.5. The molecule has 0 radical (unpaired) electrons. The smallest absolute Gasteiger partial charge is 0.315 e. The molecule has 8 heteroatoms. The van der Waals surface area contributed by atoms with Crippen LogP contribution in [0.1, 0.15) is 18.6 Å². The van der Waals surface area contributed by atoms with Gasteiger partial charge in [0.15, 0.2) is 0 Å². The van der Waals surface area contributed by atoms with Gasteiger partial charge in [-0.15, -0.1) is 0 Å². The molecule has 23 heavy (non-hydrogen) atoms. The van der Waals surface area contributed by atoms with Crippen LogP contribution in [0.15, 0.2) is 36.9 Å². The first-order chi connectivity index (χ1) is 11.0. The average molecular weight is 324 g/mol. The van der Waals surface area contributed by atoms with Crippen molar-refractivity contribution in [3.63, 3.8) is 0 Å². The van der Waals surface area contributed by atoms with Gasteiger partial charge in [0.25, 0.3) is 0 Å². The number of hydrogen-bond acceptors (Lipinski definition) is 3. The summed E-state index contributed by atoms with van der Waals surface area (Å²) in [6.45, 7) is 2.17. The van der Waals surface area contributed by atoms with Crippen molar-refractivity contribution in [2.75, 3.05) is 6.54 Å². The number of aliphatic hydroxyl groups excluding tert-OH is 1. The van der Waals surface area contributed by atoms with Crippen molar-refractivity contribution in [1.82, 2.24) is 20.2 Å². The molecule has 3 N–H and O–H groups in total. The van der Waals surface area contributed by atoms with Gasteiger partial charge in [0, 0.05) is 43.2 Å². The Morgan fingerprint density at radius 1 is 1.43 bits per heavy atom. The fourth-order valence-corrected chi connectivity index (χ4v) is 2.10. The number of carbonyl (C=O) groups is 1. The normalized spacial score (nSPS) is 13.4. The zero-order chi connectivity index (χ0) is 16.8. The summed E-state index contributed by atoms with van der Waals surface area (Å²) in [5.74, 6) is -1.58. The molecular formula is C15H18F2N4O2. The molecule has 0 saturated heterocycles. The Morgan fingerprint density at radius 2 is 2.22 bits per heavy atom. The fraction of sp³-hybridized carbons (Fsp3) is 0.333. The number of urea groups is 1. The number of carbonyl (C=O) groups excluding carboxylic acids is 1. The number of benzene rings is 1. The maximum Gasteiger partial charge on any atom is 0.315 e. The fourth-order valence-electron chi connectivity index (χ4n) is 2.10. The number of nitrogens with one attached hydrogen (secondary N) is 2. The number of halogens is 2. The summed E-state index contributed by atoms with van der Waals surface area (Å²) >= 11 is 0. The quantitative estimate of drug-likeness (QED) is 0.755. The van der Waals surface area contributed by atoms with E-state index in [0.29, 0.717) is 12.6 Å². The van der Waals surface area contributed by atoms with Crippen molar-refractivity contribution in [3.05, 3.63) is 54.1 Å². The van der Waals surface area contributed by atoms with Crippen molar-refractivity contribution < 1.29 is 18.7 Å². The summed E-state index contributed by atoms with van der Waals surface area (Å²) in [6.07, 6.45) is 3.79. The highest BCUT2D eigenvalue weighted by Crippen LogP contribution is 2.17. The number of aromatic nitrogens is 2. The molecule has 0 unspecified atom stereocenters. The molecule has 6 nitrogen and oxygen atoms in total. The molecule has 1 aromatic heterocycles. The molecule has 2 aromatic rings. The van der Waals surface area contributed by atoms with Crippen LogP contribution >= 0.6 is 0 Å². The molecule has 0 aliphatic rings. The number of imidazole rings is 1. The van der Waals surface area contributed by atoms with Crippen LogP contribution in [-0.2, 0) is 6.54 Å². The Morgan fingerprint density at radius 3 is 2.87 bits per heavy atom. The molecule has 0 bridgehead atoms. The van der Waals surface area contributed by atoms with Gasteiger partial charge in [0.2, 0.25) is 0 Å². The van der Waals surface area contributed by atoms with Gasteiger partial charge in [-0.25, -0.2) is 18.6 Å². The van der Waals surface area contributed by atoms with Crippen LogP contribution in [0, 0.1) is 11.6 Å². The molecule has 0 saturated carbocycles. The molecule has 1 heterocycles. The van der Waals surface area contributed by atoms with Crippen LogP contribution in [0.2, 0.25) is 0 Å². The zero-order valence-electron chi connectivity index (χ0n) is 12.5. The van der Waals surface area contributed by atoms with Crippen molar-refractivity contribution in [1.29, 1.82) is 0 Å². The second kappa shape index (κ2) is 7.68. The van der Waals surface area contributed by atoms with Crippen LogP contribution in [0.25, 0.3) is 0 Å². The topological polar surface area (TPSA) is 79.2 Å². The first-order valence-corrected chi connectivity index (χ1v) is 7.09. The van der Waals surface area contributed by atoms with E-state index in [1.807, 2.05) is 11.5 Å². The third kappa shape index (κ3) is 5.03. The lowest BCUT2D eigenvalue weighted by Crippen LogP contribution is -2.43. The minimum atomic E-state index is -1.26. The number of nitrogens with zero attached hydrogens (tertiary/aromatic N) is 2. The second-order valence-electron chi connectivity index (χ2n) is 5.20. The van der Waals surface area contributed by atoms with E-state index in [2.05, 4.69) is 15.6 Å². The largest absolute Gasteiger partial charge is 0.386 e. The van der Waals surface area contributed by atoms with E-state index in [0.717, 1.165) is 12.1 Å². The van der Waals surface area contributed by atoms with Gasteiger partial charge in [0.1, 0.15) is 11.6 Å². The lowest BCUT2D eigenvalue weighted by molar-refractivity contribution is 0.168. The molecular weight excluding hydrogens is 306 g/mol. The highest BCUT2D eigenvalue weighted by atomic mass is 19.1. The van der Waals surface area contributed by atoms with Crippen molar-refractivity contribution in [2.24, 2.45) is 0 Å². The summed E-state index contributed by atoms with van der Waals surface area (Å²) in [4.78, 5) is 15.6. The number of amides is 2. The van der Waals surface area contributed by atoms with Gasteiger partial charge in [-0.2, -0.15) is 0 Å². The number of rotatable bonds is 6. The summed E-state index contributed by atoms with van der Waals surface area (Å²) in [5, 5.41) is 15.0. The van der Waals surface area contributed by atoms with Crippen LogP contribution in [0.4, 0.5) is 13.6 Å². The highest BCUT2D eigenvalue weighted by molar-refractivity contribution is 5.74. The summed E-state index contributed by atoms with van der Waals surface area (Å²) in [5.41, 5.74) is -0.0711. The van der Waals surface area contributed by atoms with Crippen LogP contribution in [0.5, 0.6) is 0 Å². The lowest BCUT2D eigenvalue weighted by Gasteiger charge is -2.17. The van der Waals surface area contributed by atoms with Gasteiger partial charge in [0.05, 0.1) is 12.4 Å². The van der Waals surface area contributed by atoms with Crippen molar-refractivity contribution in [3.8, 4) is 0 Å². The number of hydrogen-bond donors (Lipinski definition) is 3. The van der Waals surface area contributed by atoms with Gasteiger partial charge < -0.3 is 20.3 Å². The van der Waals surface area contributed by atoms with Crippen LogP contribution in [-0.4, -0.2) is 33.3 Å². The molecule has 124 valence electrons. The van der Waals surface area contributed by atoms with E-state index in [9.17, 15) is 18.7 Å². The first-order valence-electron chi connectivity index (χ1n) is 7.09. The highest BCUT2D eigenvalue weighted by Gasteiger charge is 2.15. The van der Waals surface area contributed by atoms with E-state index >= 15 is 0 Å². The predicted octanol–water partition coefficient (Wildman–Crippen LogP) is 1.58. The minimum Gasteiger partial charge on any atom is -0.386 e. The Bertz CT molecular complexity index is 649.